The first-order chi connectivity index (χ1) is 9.17. The topological polar surface area (TPSA) is 59.5 Å². The summed E-state index contributed by atoms with van der Waals surface area (Å²) < 4.78 is 6.60. The molecule has 1 aromatic carbocycles. The van der Waals surface area contributed by atoms with Crippen LogP contribution in [0.4, 0.5) is 0 Å². The molecule has 1 aliphatic rings. The Bertz CT molecular complexity index is 623. The molecule has 2 aromatic rings. The van der Waals surface area contributed by atoms with E-state index in [4.69, 9.17) is 10.2 Å². The Morgan fingerprint density at radius 1 is 1.47 bits per heavy atom. The van der Waals surface area contributed by atoms with Crippen LogP contribution in [0.3, 0.4) is 0 Å². The van der Waals surface area contributed by atoms with E-state index < -0.39 is 0 Å². The van der Waals surface area contributed by atoms with Gasteiger partial charge in [0, 0.05) is 22.9 Å². The molecule has 3 rings (SSSR count). The molecule has 1 saturated heterocycles. The Balaban J connectivity index is 1.86. The minimum atomic E-state index is -0.0386. The maximum Gasteiger partial charge on any atom is 0.289 e. The monoisotopic (exact) mass is 322 g/mol. The van der Waals surface area contributed by atoms with Crippen LogP contribution in [0.2, 0.25) is 0 Å². The summed E-state index contributed by atoms with van der Waals surface area (Å²) >= 11 is 3.41. The fourth-order valence-corrected chi connectivity index (χ4v) is 2.86. The molecule has 2 N–H and O–H groups in total. The molecule has 2 heterocycles. The van der Waals surface area contributed by atoms with Gasteiger partial charge in [-0.25, -0.2) is 0 Å². The van der Waals surface area contributed by atoms with Gasteiger partial charge in [0.05, 0.1) is 0 Å². The summed E-state index contributed by atoms with van der Waals surface area (Å²) in [6.45, 7) is 2.13. The minimum absolute atomic E-state index is 0.0386. The van der Waals surface area contributed by atoms with E-state index in [1.807, 2.05) is 23.1 Å². The summed E-state index contributed by atoms with van der Waals surface area (Å²) in [5.74, 6) is 0.788. The molecule has 1 unspecified atom stereocenters. The van der Waals surface area contributed by atoms with Crippen molar-refractivity contribution in [3.8, 4) is 0 Å². The molecular weight excluding hydrogens is 308 g/mol. The van der Waals surface area contributed by atoms with Crippen LogP contribution in [0.25, 0.3) is 11.0 Å². The number of nitrogens with two attached hydrogens (primary N) is 1. The van der Waals surface area contributed by atoms with Gasteiger partial charge >= 0.3 is 0 Å². The number of hydrogen-bond acceptors (Lipinski definition) is 3. The maximum atomic E-state index is 12.3. The van der Waals surface area contributed by atoms with Crippen molar-refractivity contribution in [2.75, 3.05) is 19.6 Å². The van der Waals surface area contributed by atoms with E-state index in [0.717, 1.165) is 35.0 Å². The standard InChI is InChI=1S/C14H15BrN2O2/c15-11-1-2-12-10(5-11)6-13(19-12)14(18)17-4-3-9(7-16)8-17/h1-2,5-6,9H,3-4,7-8,16H2. The summed E-state index contributed by atoms with van der Waals surface area (Å²) in [5, 5.41) is 0.937. The highest BCUT2D eigenvalue weighted by atomic mass is 79.9. The van der Waals surface area contributed by atoms with Gasteiger partial charge in [-0.05, 0) is 43.1 Å². The Hall–Kier alpha value is -1.33. The molecule has 0 aliphatic carbocycles. The Morgan fingerprint density at radius 3 is 3.05 bits per heavy atom. The molecule has 0 bridgehead atoms. The van der Waals surface area contributed by atoms with Gasteiger partial charge in [0.25, 0.3) is 5.91 Å². The van der Waals surface area contributed by atoms with E-state index in [0.29, 0.717) is 18.2 Å². The lowest BCUT2D eigenvalue weighted by Crippen LogP contribution is -2.29. The predicted octanol–water partition coefficient (Wildman–Crippen LogP) is 2.62. The summed E-state index contributed by atoms with van der Waals surface area (Å²) in [6.07, 6.45) is 0.980. The average molecular weight is 323 g/mol. The number of benzene rings is 1. The van der Waals surface area contributed by atoms with Crippen LogP contribution in [0.1, 0.15) is 17.0 Å². The molecule has 5 heteroatoms. The number of carbonyl (C=O) groups excluding carboxylic acids is 1. The van der Waals surface area contributed by atoms with Crippen molar-refractivity contribution in [2.45, 2.75) is 6.42 Å². The molecule has 1 aliphatic heterocycles. The number of likely N-dealkylation sites (tertiary alicyclic amines) is 1. The van der Waals surface area contributed by atoms with Crippen LogP contribution >= 0.6 is 15.9 Å². The second-order valence-electron chi connectivity index (χ2n) is 4.93. The van der Waals surface area contributed by atoms with Gasteiger partial charge in [0.1, 0.15) is 5.58 Å². The zero-order valence-corrected chi connectivity index (χ0v) is 12.0. The van der Waals surface area contributed by atoms with Crippen molar-refractivity contribution in [1.29, 1.82) is 0 Å². The molecular formula is C14H15BrN2O2. The van der Waals surface area contributed by atoms with E-state index in [1.54, 1.807) is 6.07 Å². The second-order valence-corrected chi connectivity index (χ2v) is 5.85. The van der Waals surface area contributed by atoms with Crippen LogP contribution in [0, 0.1) is 5.92 Å². The lowest BCUT2D eigenvalue weighted by atomic mass is 10.1. The number of hydrogen-bond donors (Lipinski definition) is 1. The molecule has 1 aromatic heterocycles. The lowest BCUT2D eigenvalue weighted by molar-refractivity contribution is 0.0758. The largest absolute Gasteiger partial charge is 0.451 e. The van der Waals surface area contributed by atoms with Gasteiger partial charge in [0.2, 0.25) is 0 Å². The highest BCUT2D eigenvalue weighted by molar-refractivity contribution is 9.10. The van der Waals surface area contributed by atoms with Crippen LogP contribution in [-0.4, -0.2) is 30.4 Å². The quantitative estimate of drug-likeness (QED) is 0.924. The zero-order chi connectivity index (χ0) is 13.4. The SMILES string of the molecule is NCC1CCN(C(=O)c2cc3cc(Br)ccc3o2)C1. The molecule has 4 nitrogen and oxygen atoms in total. The van der Waals surface area contributed by atoms with Crippen molar-refractivity contribution < 1.29 is 9.21 Å². The summed E-state index contributed by atoms with van der Waals surface area (Å²) in [6, 6.07) is 7.52. The number of fused-ring (bicyclic) bond motifs is 1. The van der Waals surface area contributed by atoms with E-state index >= 15 is 0 Å². The van der Waals surface area contributed by atoms with Crippen molar-refractivity contribution in [2.24, 2.45) is 11.7 Å². The normalized spacial score (nSPS) is 19.3. The molecule has 1 amide bonds. The van der Waals surface area contributed by atoms with Gasteiger partial charge in [-0.15, -0.1) is 0 Å². The first-order valence-electron chi connectivity index (χ1n) is 6.36. The van der Waals surface area contributed by atoms with Gasteiger partial charge in [0.15, 0.2) is 5.76 Å². The number of furan rings is 1. The van der Waals surface area contributed by atoms with Gasteiger partial charge in [-0.1, -0.05) is 15.9 Å². The van der Waals surface area contributed by atoms with Crippen LogP contribution in [-0.2, 0) is 0 Å². The van der Waals surface area contributed by atoms with Gasteiger partial charge in [-0.2, -0.15) is 0 Å². The number of nitrogens with zero attached hydrogens (tertiary/aromatic N) is 1. The predicted molar refractivity (Wildman–Crippen MR) is 77.0 cm³/mol. The van der Waals surface area contributed by atoms with Crippen molar-refractivity contribution in [3.05, 3.63) is 34.5 Å². The number of halogens is 1. The third-order valence-electron chi connectivity index (χ3n) is 3.60. The number of amides is 1. The number of rotatable bonds is 2. The zero-order valence-electron chi connectivity index (χ0n) is 10.4. The first-order valence-corrected chi connectivity index (χ1v) is 7.15. The van der Waals surface area contributed by atoms with Crippen LogP contribution < -0.4 is 5.73 Å². The molecule has 100 valence electrons. The fourth-order valence-electron chi connectivity index (χ4n) is 2.48. The average Bonchev–Trinajstić information content (AvgIpc) is 3.03. The molecule has 1 fully saturated rings. The minimum Gasteiger partial charge on any atom is -0.451 e. The van der Waals surface area contributed by atoms with Crippen molar-refractivity contribution in [1.82, 2.24) is 4.90 Å². The molecule has 19 heavy (non-hydrogen) atoms. The summed E-state index contributed by atoms with van der Waals surface area (Å²) in [4.78, 5) is 14.2. The number of carbonyl (C=O) groups is 1. The molecule has 1 atom stereocenters. The van der Waals surface area contributed by atoms with Crippen molar-refractivity contribution in [3.63, 3.8) is 0 Å². The second kappa shape index (κ2) is 4.98. The highest BCUT2D eigenvalue weighted by Crippen LogP contribution is 2.25. The summed E-state index contributed by atoms with van der Waals surface area (Å²) in [7, 11) is 0. The third-order valence-corrected chi connectivity index (χ3v) is 4.09. The van der Waals surface area contributed by atoms with Crippen molar-refractivity contribution >= 4 is 32.8 Å². The van der Waals surface area contributed by atoms with Crippen LogP contribution in [0.15, 0.2) is 33.2 Å². The first kappa shape index (κ1) is 12.7. The fraction of sp³-hybridized carbons (Fsp3) is 0.357. The Labute approximate surface area is 119 Å². The molecule has 0 radical (unpaired) electrons. The smallest absolute Gasteiger partial charge is 0.289 e. The Kier molecular flexibility index (Phi) is 3.33. The summed E-state index contributed by atoms with van der Waals surface area (Å²) in [5.41, 5.74) is 6.38. The Morgan fingerprint density at radius 2 is 2.32 bits per heavy atom. The molecule has 0 spiro atoms. The highest BCUT2D eigenvalue weighted by Gasteiger charge is 2.27. The van der Waals surface area contributed by atoms with E-state index in [-0.39, 0.29) is 5.91 Å². The molecule has 0 saturated carbocycles. The van der Waals surface area contributed by atoms with E-state index in [1.165, 1.54) is 0 Å². The van der Waals surface area contributed by atoms with E-state index in [9.17, 15) is 4.79 Å². The van der Waals surface area contributed by atoms with Gasteiger partial charge in [-0.3, -0.25) is 4.79 Å². The van der Waals surface area contributed by atoms with E-state index in [2.05, 4.69) is 15.9 Å². The maximum absolute atomic E-state index is 12.3. The van der Waals surface area contributed by atoms with Gasteiger partial charge < -0.3 is 15.1 Å². The lowest BCUT2D eigenvalue weighted by Gasteiger charge is -2.14. The van der Waals surface area contributed by atoms with Crippen LogP contribution in [0.5, 0.6) is 0 Å². The third kappa shape index (κ3) is 2.40.